The van der Waals surface area contributed by atoms with Gasteiger partial charge >= 0.3 is 5.97 Å². The summed E-state index contributed by atoms with van der Waals surface area (Å²) in [7, 11) is 4.48. The van der Waals surface area contributed by atoms with E-state index < -0.39 is 18.0 Å². The smallest absolute Gasteiger partial charge is 0.307 e. The highest BCUT2D eigenvalue weighted by Gasteiger charge is 2.26. The van der Waals surface area contributed by atoms with Crippen molar-refractivity contribution in [1.82, 2.24) is 5.32 Å². The molecule has 9 heteroatoms. The number of rotatable bonds is 13. The van der Waals surface area contributed by atoms with Crippen LogP contribution in [0.15, 0.2) is 72.8 Å². The SMILES string of the molecule is COc1ccc(C)c(C(=O)CCC(=O)OC(C(=O)NCc2cc(OC)c(CO)c(OC)c2)c2ccc3ccccc3c2)c1. The van der Waals surface area contributed by atoms with Crippen molar-refractivity contribution in [2.75, 3.05) is 21.3 Å². The van der Waals surface area contributed by atoms with Gasteiger partial charge in [-0.05, 0) is 59.2 Å². The lowest BCUT2D eigenvalue weighted by atomic mass is 10.0. The Morgan fingerprint density at radius 3 is 2.16 bits per heavy atom. The third-order valence-electron chi connectivity index (χ3n) is 7.16. The fourth-order valence-electron chi connectivity index (χ4n) is 4.79. The zero-order valence-corrected chi connectivity index (χ0v) is 24.6. The van der Waals surface area contributed by atoms with Crippen LogP contribution in [0.5, 0.6) is 17.2 Å². The molecule has 0 aliphatic carbocycles. The number of carbonyl (C=O) groups excluding carboxylic acids is 3. The molecule has 4 rings (SSSR count). The van der Waals surface area contributed by atoms with Crippen molar-refractivity contribution < 1.29 is 38.4 Å². The Hall–Kier alpha value is -4.89. The van der Waals surface area contributed by atoms with E-state index in [9.17, 15) is 19.5 Å². The van der Waals surface area contributed by atoms with Gasteiger partial charge in [-0.3, -0.25) is 14.4 Å². The average molecular weight is 586 g/mol. The maximum Gasteiger partial charge on any atom is 0.307 e. The van der Waals surface area contributed by atoms with Crippen LogP contribution in [0.4, 0.5) is 0 Å². The maximum atomic E-state index is 13.5. The number of ketones is 1. The van der Waals surface area contributed by atoms with Gasteiger partial charge in [0.1, 0.15) is 17.2 Å². The minimum absolute atomic E-state index is 0.0759. The van der Waals surface area contributed by atoms with E-state index in [2.05, 4.69) is 5.32 Å². The normalized spacial score (nSPS) is 11.5. The molecule has 0 saturated carbocycles. The minimum Gasteiger partial charge on any atom is -0.497 e. The van der Waals surface area contributed by atoms with Gasteiger partial charge in [0, 0.05) is 24.1 Å². The number of aryl methyl sites for hydroxylation is 1. The number of nitrogens with one attached hydrogen (secondary N) is 1. The van der Waals surface area contributed by atoms with Crippen LogP contribution in [0, 0.1) is 6.92 Å². The third-order valence-corrected chi connectivity index (χ3v) is 7.16. The molecule has 0 radical (unpaired) electrons. The van der Waals surface area contributed by atoms with Crippen molar-refractivity contribution >= 4 is 28.4 Å². The minimum atomic E-state index is -1.26. The van der Waals surface area contributed by atoms with E-state index >= 15 is 0 Å². The van der Waals surface area contributed by atoms with Crippen LogP contribution in [0.1, 0.15) is 51.6 Å². The van der Waals surface area contributed by atoms with Crippen LogP contribution < -0.4 is 19.5 Å². The molecule has 43 heavy (non-hydrogen) atoms. The summed E-state index contributed by atoms with van der Waals surface area (Å²) in [6, 6.07) is 21.6. The van der Waals surface area contributed by atoms with Crippen molar-refractivity contribution in [3.8, 4) is 17.2 Å². The molecular weight excluding hydrogens is 550 g/mol. The standard InChI is InChI=1S/C34H35NO8/c1-21-9-12-26(40-2)18-27(21)29(37)13-14-32(38)43-33(25-11-10-23-7-5-6-8-24(23)17-25)34(39)35-19-22-15-30(41-3)28(20-36)31(16-22)42-4/h5-12,15-18,33,36H,13-14,19-20H2,1-4H3,(H,35,39). The fourth-order valence-corrected chi connectivity index (χ4v) is 4.79. The van der Waals surface area contributed by atoms with E-state index in [1.54, 1.807) is 42.5 Å². The summed E-state index contributed by atoms with van der Waals surface area (Å²) in [6.07, 6.45) is -1.55. The molecule has 9 nitrogen and oxygen atoms in total. The first-order valence-corrected chi connectivity index (χ1v) is 13.8. The highest BCUT2D eigenvalue weighted by atomic mass is 16.5. The van der Waals surface area contributed by atoms with Crippen molar-refractivity contribution in [2.24, 2.45) is 0 Å². The lowest BCUT2D eigenvalue weighted by molar-refractivity contribution is -0.156. The summed E-state index contributed by atoms with van der Waals surface area (Å²) in [5.41, 5.74) is 2.87. The van der Waals surface area contributed by atoms with Crippen molar-refractivity contribution in [3.63, 3.8) is 0 Å². The van der Waals surface area contributed by atoms with E-state index in [-0.39, 0.29) is 31.8 Å². The number of ether oxygens (including phenoxy) is 4. The first-order chi connectivity index (χ1) is 20.8. The van der Waals surface area contributed by atoms with Crippen molar-refractivity contribution in [1.29, 1.82) is 0 Å². The Kier molecular flexibility index (Phi) is 10.3. The monoisotopic (exact) mass is 585 g/mol. The molecule has 0 aromatic heterocycles. The number of benzene rings is 4. The van der Waals surface area contributed by atoms with E-state index in [1.807, 2.05) is 37.3 Å². The predicted octanol–water partition coefficient (Wildman–Crippen LogP) is 5.23. The molecule has 1 amide bonds. The second-order valence-electron chi connectivity index (χ2n) is 9.94. The van der Waals surface area contributed by atoms with Crippen LogP contribution >= 0.6 is 0 Å². The van der Waals surface area contributed by atoms with Crippen LogP contribution in [0.2, 0.25) is 0 Å². The number of hydrogen-bond donors (Lipinski definition) is 2. The molecule has 0 aliphatic rings. The lowest BCUT2D eigenvalue weighted by Gasteiger charge is -2.19. The number of carbonyl (C=O) groups is 3. The van der Waals surface area contributed by atoms with Crippen LogP contribution in [-0.4, -0.2) is 44.1 Å². The number of aliphatic hydroxyl groups is 1. The Bertz CT molecular complexity index is 1610. The number of amides is 1. The largest absolute Gasteiger partial charge is 0.497 e. The molecule has 0 heterocycles. The van der Waals surface area contributed by atoms with Gasteiger partial charge in [0.2, 0.25) is 6.10 Å². The van der Waals surface area contributed by atoms with Crippen LogP contribution in [0.3, 0.4) is 0 Å². The Morgan fingerprint density at radius 1 is 0.814 bits per heavy atom. The number of methoxy groups -OCH3 is 3. The molecule has 1 unspecified atom stereocenters. The molecule has 224 valence electrons. The second kappa shape index (κ2) is 14.3. The molecule has 0 fully saturated rings. The summed E-state index contributed by atoms with van der Waals surface area (Å²) in [5, 5.41) is 14.4. The van der Waals surface area contributed by atoms with E-state index in [0.29, 0.717) is 39.5 Å². The molecule has 1 atom stereocenters. The lowest BCUT2D eigenvalue weighted by Crippen LogP contribution is -2.32. The van der Waals surface area contributed by atoms with Gasteiger partial charge in [-0.1, -0.05) is 42.5 Å². The van der Waals surface area contributed by atoms with Gasteiger partial charge in [0.05, 0.1) is 39.9 Å². The summed E-state index contributed by atoms with van der Waals surface area (Å²) in [4.78, 5) is 39.4. The number of Topliss-reactive ketones (excluding diaryl/α,β-unsaturated/α-hetero) is 1. The number of aliphatic hydroxyl groups excluding tert-OH is 1. The van der Waals surface area contributed by atoms with Crippen LogP contribution in [0.25, 0.3) is 10.8 Å². The summed E-state index contributed by atoms with van der Waals surface area (Å²) in [5.74, 6) is -0.0696. The van der Waals surface area contributed by atoms with Crippen molar-refractivity contribution in [2.45, 2.75) is 39.0 Å². The topological polar surface area (TPSA) is 120 Å². The van der Waals surface area contributed by atoms with E-state index in [0.717, 1.165) is 16.3 Å². The average Bonchev–Trinajstić information content (AvgIpc) is 3.04. The molecular formula is C34H35NO8. The molecule has 0 spiro atoms. The quantitative estimate of drug-likeness (QED) is 0.162. The third kappa shape index (κ3) is 7.50. The van der Waals surface area contributed by atoms with Gasteiger partial charge < -0.3 is 29.4 Å². The molecule has 0 bridgehead atoms. The van der Waals surface area contributed by atoms with E-state index in [4.69, 9.17) is 18.9 Å². The summed E-state index contributed by atoms with van der Waals surface area (Å²) in [6.45, 7) is 1.61. The van der Waals surface area contributed by atoms with Gasteiger partial charge in [-0.15, -0.1) is 0 Å². The summed E-state index contributed by atoms with van der Waals surface area (Å²) >= 11 is 0. The molecule has 4 aromatic carbocycles. The second-order valence-corrected chi connectivity index (χ2v) is 9.94. The number of fused-ring (bicyclic) bond motifs is 1. The number of hydrogen-bond acceptors (Lipinski definition) is 8. The molecule has 4 aromatic rings. The first kappa shape index (κ1) is 31.1. The highest BCUT2D eigenvalue weighted by Crippen LogP contribution is 2.31. The fraction of sp³-hybridized carbons (Fsp3) is 0.265. The molecule has 0 saturated heterocycles. The van der Waals surface area contributed by atoms with Gasteiger partial charge in [0.25, 0.3) is 5.91 Å². The number of esters is 1. The zero-order valence-electron chi connectivity index (χ0n) is 24.6. The Morgan fingerprint density at radius 2 is 1.51 bits per heavy atom. The van der Waals surface area contributed by atoms with E-state index in [1.165, 1.54) is 21.3 Å². The maximum absolute atomic E-state index is 13.5. The predicted molar refractivity (Wildman–Crippen MR) is 161 cm³/mol. The van der Waals surface area contributed by atoms with Gasteiger partial charge in [-0.25, -0.2) is 0 Å². The Balaban J connectivity index is 1.53. The Labute approximate surface area is 250 Å². The molecule has 0 aliphatic heterocycles. The van der Waals surface area contributed by atoms with Gasteiger partial charge in [0.15, 0.2) is 5.78 Å². The zero-order chi connectivity index (χ0) is 30.9. The summed E-state index contributed by atoms with van der Waals surface area (Å²) < 4.78 is 21.7. The van der Waals surface area contributed by atoms with Crippen molar-refractivity contribution in [3.05, 3.63) is 101 Å². The first-order valence-electron chi connectivity index (χ1n) is 13.8. The van der Waals surface area contributed by atoms with Gasteiger partial charge in [-0.2, -0.15) is 0 Å². The highest BCUT2D eigenvalue weighted by molar-refractivity contribution is 5.99. The molecule has 2 N–H and O–H groups in total. The van der Waals surface area contributed by atoms with Crippen LogP contribution in [-0.2, 0) is 27.5 Å².